The molecule has 35 heavy (non-hydrogen) atoms. The fourth-order valence-electron chi connectivity index (χ4n) is 4.61. The second-order valence-corrected chi connectivity index (χ2v) is 8.60. The van der Waals surface area contributed by atoms with Crippen molar-refractivity contribution >= 4 is 11.8 Å². The Morgan fingerprint density at radius 3 is 2.40 bits per heavy atom. The van der Waals surface area contributed by atoms with E-state index in [-0.39, 0.29) is 5.91 Å². The predicted octanol–water partition coefficient (Wildman–Crippen LogP) is 3.66. The molecule has 0 spiro atoms. The molecule has 2 N–H and O–H groups in total. The molecule has 0 fully saturated rings. The smallest absolute Gasteiger partial charge is 0.258 e. The van der Waals surface area contributed by atoms with Crippen molar-refractivity contribution in [3.05, 3.63) is 107 Å². The lowest BCUT2D eigenvalue weighted by molar-refractivity contribution is -0.122. The first-order chi connectivity index (χ1) is 17.0. The Bertz CT molecular complexity index is 1380. The van der Waals surface area contributed by atoms with Crippen LogP contribution in [0.3, 0.4) is 0 Å². The topological polar surface area (TPSA) is 90.5 Å². The highest BCUT2D eigenvalue weighted by Crippen LogP contribution is 2.33. The number of fused-ring (bicyclic) bond motifs is 1. The third kappa shape index (κ3) is 4.40. The molecular weight excluding hydrogens is 440 g/mol. The molecule has 1 aromatic heterocycles. The van der Waals surface area contributed by atoms with Crippen molar-refractivity contribution in [2.75, 3.05) is 7.11 Å². The molecule has 0 bridgehead atoms. The van der Waals surface area contributed by atoms with Gasteiger partial charge in [-0.05, 0) is 28.8 Å². The molecule has 7 heteroatoms. The van der Waals surface area contributed by atoms with Crippen LogP contribution in [-0.4, -0.2) is 39.6 Å². The van der Waals surface area contributed by atoms with E-state index >= 15 is 0 Å². The first-order valence-electron chi connectivity index (χ1n) is 11.5. The quantitative estimate of drug-likeness (QED) is 0.470. The van der Waals surface area contributed by atoms with Gasteiger partial charge in [0.2, 0.25) is 5.91 Å². The maximum atomic E-state index is 14.0. The number of benzene rings is 3. The summed E-state index contributed by atoms with van der Waals surface area (Å²) in [5.41, 5.74) is 10.5. The number of amides is 2. The lowest BCUT2D eigenvalue weighted by atomic mass is 9.92. The van der Waals surface area contributed by atoms with Gasteiger partial charge in [0.15, 0.2) is 0 Å². The number of nitrogens with zero attached hydrogens (tertiary/aromatic N) is 3. The molecule has 0 aliphatic carbocycles. The molecule has 2 heterocycles. The molecule has 0 radical (unpaired) electrons. The molecule has 176 valence electrons. The number of hydrogen-bond acceptors (Lipinski definition) is 4. The van der Waals surface area contributed by atoms with E-state index in [0.29, 0.717) is 42.1 Å². The van der Waals surface area contributed by atoms with Gasteiger partial charge in [0.25, 0.3) is 5.91 Å². The maximum Gasteiger partial charge on any atom is 0.258 e. The molecule has 0 saturated heterocycles. The first-order valence-corrected chi connectivity index (χ1v) is 11.5. The van der Waals surface area contributed by atoms with Gasteiger partial charge in [-0.25, -0.2) is 0 Å². The average Bonchev–Trinajstić information content (AvgIpc) is 3.31. The van der Waals surface area contributed by atoms with Crippen molar-refractivity contribution in [2.45, 2.75) is 25.6 Å². The molecule has 1 atom stereocenters. The molecule has 3 aromatic carbocycles. The molecule has 5 rings (SSSR count). The fourth-order valence-corrected chi connectivity index (χ4v) is 4.61. The van der Waals surface area contributed by atoms with E-state index < -0.39 is 11.9 Å². The highest BCUT2D eigenvalue weighted by Gasteiger charge is 2.35. The van der Waals surface area contributed by atoms with E-state index in [9.17, 15) is 9.59 Å². The van der Waals surface area contributed by atoms with E-state index in [4.69, 9.17) is 15.6 Å². The van der Waals surface area contributed by atoms with Crippen LogP contribution in [0.25, 0.3) is 11.3 Å². The van der Waals surface area contributed by atoms with Crippen molar-refractivity contribution < 1.29 is 14.3 Å². The monoisotopic (exact) mass is 466 g/mol. The van der Waals surface area contributed by atoms with Gasteiger partial charge in [-0.15, -0.1) is 0 Å². The van der Waals surface area contributed by atoms with Gasteiger partial charge in [0.1, 0.15) is 17.5 Å². The van der Waals surface area contributed by atoms with Crippen LogP contribution in [0, 0.1) is 0 Å². The third-order valence-corrected chi connectivity index (χ3v) is 6.38. The number of nitrogens with two attached hydrogens (primary N) is 1. The maximum absolute atomic E-state index is 14.0. The molecule has 0 unspecified atom stereocenters. The van der Waals surface area contributed by atoms with E-state index in [2.05, 4.69) is 0 Å². The zero-order chi connectivity index (χ0) is 24.4. The summed E-state index contributed by atoms with van der Waals surface area (Å²) in [6.45, 7) is 0.802. The Balaban J connectivity index is 1.59. The van der Waals surface area contributed by atoms with Crippen LogP contribution in [0.1, 0.15) is 27.0 Å². The number of carbonyl (C=O) groups is 2. The summed E-state index contributed by atoms with van der Waals surface area (Å²) in [5, 5.41) is 4.79. The van der Waals surface area contributed by atoms with Gasteiger partial charge in [-0.1, -0.05) is 66.7 Å². The highest BCUT2D eigenvalue weighted by molar-refractivity contribution is 6.02. The van der Waals surface area contributed by atoms with Crippen molar-refractivity contribution in [2.24, 2.45) is 5.73 Å². The second-order valence-electron chi connectivity index (χ2n) is 8.60. The minimum atomic E-state index is -0.736. The molecule has 2 amide bonds. The van der Waals surface area contributed by atoms with Gasteiger partial charge in [0, 0.05) is 24.7 Å². The summed E-state index contributed by atoms with van der Waals surface area (Å²) in [4.78, 5) is 28.0. The van der Waals surface area contributed by atoms with Gasteiger partial charge in [0.05, 0.1) is 19.2 Å². The molecule has 0 saturated carbocycles. The number of carbonyl (C=O) groups excluding carboxylic acids is 2. The summed E-state index contributed by atoms with van der Waals surface area (Å²) in [5.74, 6) is -0.200. The minimum absolute atomic E-state index is 0.288. The highest BCUT2D eigenvalue weighted by atomic mass is 16.5. The Hall–Kier alpha value is -4.39. The number of hydrogen-bond donors (Lipinski definition) is 1. The SMILES string of the molecule is COc1ccccc1-c1nn(Cc2ccccc2)cc1C(=O)N1Cc2ccccc2C[C@@H]1C(N)=O. The fraction of sp³-hybridized carbons (Fsp3) is 0.179. The largest absolute Gasteiger partial charge is 0.496 e. The van der Waals surface area contributed by atoms with Gasteiger partial charge in [-0.3, -0.25) is 14.3 Å². The Morgan fingerprint density at radius 1 is 0.971 bits per heavy atom. The molecular formula is C28H26N4O3. The van der Waals surface area contributed by atoms with Gasteiger partial charge >= 0.3 is 0 Å². The van der Waals surface area contributed by atoms with Crippen LogP contribution in [0.5, 0.6) is 5.75 Å². The number of rotatable bonds is 6. The lowest BCUT2D eigenvalue weighted by Gasteiger charge is -2.35. The van der Waals surface area contributed by atoms with Crippen molar-refractivity contribution in [1.29, 1.82) is 0 Å². The zero-order valence-electron chi connectivity index (χ0n) is 19.4. The summed E-state index contributed by atoms with van der Waals surface area (Å²) in [6, 6.07) is 24.5. The summed E-state index contributed by atoms with van der Waals surface area (Å²) < 4.78 is 7.32. The van der Waals surface area contributed by atoms with Crippen LogP contribution in [-0.2, 0) is 24.3 Å². The normalized spacial score (nSPS) is 14.9. The third-order valence-electron chi connectivity index (χ3n) is 6.38. The number of methoxy groups -OCH3 is 1. The average molecular weight is 467 g/mol. The summed E-state index contributed by atoms with van der Waals surface area (Å²) >= 11 is 0. The second kappa shape index (κ2) is 9.46. The Labute approximate surface area is 203 Å². The molecule has 7 nitrogen and oxygen atoms in total. The van der Waals surface area contributed by atoms with E-state index in [0.717, 1.165) is 16.7 Å². The van der Waals surface area contributed by atoms with Gasteiger partial charge < -0.3 is 15.4 Å². The number of aromatic nitrogens is 2. The summed E-state index contributed by atoms with van der Waals surface area (Å²) in [7, 11) is 1.59. The number of para-hydroxylation sites is 1. The van der Waals surface area contributed by atoms with E-state index in [1.807, 2.05) is 78.9 Å². The van der Waals surface area contributed by atoms with Crippen molar-refractivity contribution in [3.63, 3.8) is 0 Å². The van der Waals surface area contributed by atoms with Gasteiger partial charge in [-0.2, -0.15) is 5.10 Å². The van der Waals surface area contributed by atoms with Crippen LogP contribution >= 0.6 is 0 Å². The molecule has 1 aliphatic rings. The number of ether oxygens (including phenoxy) is 1. The van der Waals surface area contributed by atoms with E-state index in [1.54, 1.807) is 22.9 Å². The number of primary amides is 1. The van der Waals surface area contributed by atoms with Crippen molar-refractivity contribution in [3.8, 4) is 17.0 Å². The standard InChI is InChI=1S/C28H26N4O3/c1-35-25-14-8-7-13-22(25)26-23(18-31(30-26)16-19-9-3-2-4-10-19)28(34)32-17-21-12-6-5-11-20(21)15-24(32)27(29)33/h2-14,18,24H,15-17H2,1H3,(H2,29,33)/t24-/m1/s1. The first kappa shape index (κ1) is 22.4. The van der Waals surface area contributed by atoms with Crippen molar-refractivity contribution in [1.82, 2.24) is 14.7 Å². The Kier molecular flexibility index (Phi) is 6.06. The lowest BCUT2D eigenvalue weighted by Crippen LogP contribution is -2.51. The Morgan fingerprint density at radius 2 is 1.66 bits per heavy atom. The molecule has 1 aliphatic heterocycles. The molecule has 4 aromatic rings. The van der Waals surface area contributed by atoms with Crippen LogP contribution in [0.15, 0.2) is 85.1 Å². The zero-order valence-corrected chi connectivity index (χ0v) is 19.4. The summed E-state index contributed by atoms with van der Waals surface area (Å²) in [6.07, 6.45) is 2.13. The van der Waals surface area contributed by atoms with Crippen LogP contribution < -0.4 is 10.5 Å². The minimum Gasteiger partial charge on any atom is -0.496 e. The van der Waals surface area contributed by atoms with Crippen LogP contribution in [0.4, 0.5) is 0 Å². The van der Waals surface area contributed by atoms with Crippen LogP contribution in [0.2, 0.25) is 0 Å². The van der Waals surface area contributed by atoms with E-state index in [1.165, 1.54) is 0 Å². The predicted molar refractivity (Wildman–Crippen MR) is 133 cm³/mol.